The van der Waals surface area contributed by atoms with Gasteiger partial charge in [0, 0.05) is 13.1 Å². The van der Waals surface area contributed by atoms with Gasteiger partial charge in [-0.2, -0.15) is 0 Å². The highest BCUT2D eigenvalue weighted by molar-refractivity contribution is 7.99. The molecule has 7 nitrogen and oxygen atoms in total. The molecule has 0 saturated heterocycles. The minimum Gasteiger partial charge on any atom is -0.341 e. The summed E-state index contributed by atoms with van der Waals surface area (Å²) in [7, 11) is 1.45. The van der Waals surface area contributed by atoms with Gasteiger partial charge in [-0.25, -0.2) is 9.78 Å². The van der Waals surface area contributed by atoms with E-state index in [0.717, 1.165) is 19.3 Å². The summed E-state index contributed by atoms with van der Waals surface area (Å²) < 4.78 is 1.78. The number of nitrogens with one attached hydrogen (secondary N) is 2. The van der Waals surface area contributed by atoms with Crippen molar-refractivity contribution in [1.82, 2.24) is 20.2 Å². The lowest BCUT2D eigenvalue weighted by molar-refractivity contribution is -0.117. The number of imide groups is 1. The van der Waals surface area contributed by atoms with Crippen molar-refractivity contribution in [3.63, 3.8) is 0 Å². The fraction of sp³-hybridized carbons (Fsp3) is 0.500. The van der Waals surface area contributed by atoms with E-state index in [1.807, 2.05) is 18.2 Å². The Balaban J connectivity index is 1.98. The largest absolute Gasteiger partial charge is 0.341 e. The summed E-state index contributed by atoms with van der Waals surface area (Å²) in [5.41, 5.74) is 0.556. The molecule has 1 saturated carbocycles. The van der Waals surface area contributed by atoms with E-state index < -0.39 is 11.9 Å². The molecule has 3 atom stereocenters. The zero-order valence-corrected chi connectivity index (χ0v) is 17.2. The summed E-state index contributed by atoms with van der Waals surface area (Å²) in [4.78, 5) is 41.4. The number of nitrogens with zero attached hydrogens (tertiary/aromatic N) is 2. The molecule has 1 aliphatic rings. The van der Waals surface area contributed by atoms with Crippen molar-refractivity contribution in [3.05, 3.63) is 34.6 Å². The van der Waals surface area contributed by atoms with Crippen LogP contribution >= 0.6 is 11.8 Å². The fourth-order valence-corrected chi connectivity index (χ4v) is 4.65. The van der Waals surface area contributed by atoms with E-state index in [0.29, 0.717) is 27.9 Å². The second kappa shape index (κ2) is 8.77. The second-order valence-electron chi connectivity index (χ2n) is 7.34. The Labute approximate surface area is 168 Å². The van der Waals surface area contributed by atoms with Crippen molar-refractivity contribution >= 4 is 34.6 Å². The molecule has 2 aromatic rings. The van der Waals surface area contributed by atoms with Crippen molar-refractivity contribution in [2.45, 2.75) is 44.3 Å². The summed E-state index contributed by atoms with van der Waals surface area (Å²) in [5, 5.41) is 5.71. The number of para-hydroxylation sites is 1. The lowest BCUT2D eigenvalue weighted by Crippen LogP contribution is -2.39. The summed E-state index contributed by atoms with van der Waals surface area (Å²) in [6.07, 6.45) is 3.14. The van der Waals surface area contributed by atoms with Crippen LogP contribution in [0.4, 0.5) is 4.79 Å². The molecule has 1 heterocycles. The van der Waals surface area contributed by atoms with Crippen LogP contribution in [-0.4, -0.2) is 34.3 Å². The number of rotatable bonds is 4. The SMILES string of the molecule is CNC(=O)NC(=O)CSc1nc2ccccc2c(=O)n1[C@H]1CCC[C@@H](C)[C@H]1C. The van der Waals surface area contributed by atoms with Gasteiger partial charge in [0.2, 0.25) is 5.91 Å². The first-order valence-corrected chi connectivity index (χ1v) is 10.6. The molecule has 0 bridgehead atoms. The lowest BCUT2D eigenvalue weighted by Gasteiger charge is -2.36. The third kappa shape index (κ3) is 4.22. The molecule has 8 heteroatoms. The monoisotopic (exact) mass is 402 g/mol. The van der Waals surface area contributed by atoms with E-state index in [1.54, 1.807) is 10.6 Å². The number of fused-ring (bicyclic) bond motifs is 1. The van der Waals surface area contributed by atoms with Crippen LogP contribution in [-0.2, 0) is 4.79 Å². The Morgan fingerprint density at radius 1 is 1.25 bits per heavy atom. The van der Waals surface area contributed by atoms with Crippen LogP contribution < -0.4 is 16.2 Å². The number of thioether (sulfide) groups is 1. The Hall–Kier alpha value is -2.35. The number of aromatic nitrogens is 2. The number of amides is 3. The summed E-state index contributed by atoms with van der Waals surface area (Å²) in [5.74, 6) is 0.442. The van der Waals surface area contributed by atoms with Crippen LogP contribution in [0.25, 0.3) is 10.9 Å². The second-order valence-corrected chi connectivity index (χ2v) is 8.28. The number of hydrogen-bond donors (Lipinski definition) is 2. The fourth-order valence-electron chi connectivity index (χ4n) is 3.79. The first kappa shape index (κ1) is 20.4. The van der Waals surface area contributed by atoms with Crippen molar-refractivity contribution in [2.75, 3.05) is 12.8 Å². The zero-order valence-electron chi connectivity index (χ0n) is 16.4. The predicted molar refractivity (Wildman–Crippen MR) is 111 cm³/mol. The minimum atomic E-state index is -0.552. The van der Waals surface area contributed by atoms with Crippen molar-refractivity contribution < 1.29 is 9.59 Å². The number of benzene rings is 1. The van der Waals surface area contributed by atoms with Crippen molar-refractivity contribution in [2.24, 2.45) is 11.8 Å². The minimum absolute atomic E-state index is 0.00878. The van der Waals surface area contributed by atoms with Gasteiger partial charge in [-0.1, -0.05) is 50.6 Å². The summed E-state index contributed by atoms with van der Waals surface area (Å²) in [6.45, 7) is 4.41. The Morgan fingerprint density at radius 3 is 2.75 bits per heavy atom. The van der Waals surface area contributed by atoms with E-state index in [9.17, 15) is 14.4 Å². The third-order valence-electron chi connectivity index (χ3n) is 5.58. The van der Waals surface area contributed by atoms with Gasteiger partial charge in [-0.15, -0.1) is 0 Å². The maximum absolute atomic E-state index is 13.3. The summed E-state index contributed by atoms with van der Waals surface area (Å²) in [6, 6.07) is 6.79. The number of carbonyl (C=O) groups is 2. The Kier molecular flexibility index (Phi) is 6.39. The average Bonchev–Trinajstić information content (AvgIpc) is 2.69. The zero-order chi connectivity index (χ0) is 20.3. The molecule has 0 radical (unpaired) electrons. The highest BCUT2D eigenvalue weighted by Crippen LogP contribution is 2.38. The van der Waals surface area contributed by atoms with E-state index in [1.165, 1.54) is 18.8 Å². The highest BCUT2D eigenvalue weighted by atomic mass is 32.2. The molecule has 1 fully saturated rings. The van der Waals surface area contributed by atoms with Gasteiger partial charge in [-0.05, 0) is 30.4 Å². The number of urea groups is 1. The quantitative estimate of drug-likeness (QED) is 0.606. The van der Waals surface area contributed by atoms with Gasteiger partial charge in [0.25, 0.3) is 5.56 Å². The molecule has 1 aromatic carbocycles. The molecule has 1 aliphatic carbocycles. The first-order chi connectivity index (χ1) is 13.4. The predicted octanol–water partition coefficient (Wildman–Crippen LogP) is 2.94. The topological polar surface area (TPSA) is 93.1 Å². The molecule has 28 heavy (non-hydrogen) atoms. The molecule has 1 aromatic heterocycles. The molecule has 0 unspecified atom stereocenters. The van der Waals surface area contributed by atoms with Gasteiger partial charge >= 0.3 is 6.03 Å². The maximum atomic E-state index is 13.3. The van der Waals surface area contributed by atoms with Gasteiger partial charge in [0.1, 0.15) is 0 Å². The van der Waals surface area contributed by atoms with Gasteiger partial charge in [-0.3, -0.25) is 19.5 Å². The molecule has 0 spiro atoms. The van der Waals surface area contributed by atoms with Gasteiger partial charge in [0.05, 0.1) is 16.7 Å². The Bertz CT molecular complexity index is 943. The highest BCUT2D eigenvalue weighted by Gasteiger charge is 2.31. The molecular formula is C20H26N4O3S. The van der Waals surface area contributed by atoms with Crippen LogP contribution in [0.2, 0.25) is 0 Å². The van der Waals surface area contributed by atoms with Crippen molar-refractivity contribution in [1.29, 1.82) is 0 Å². The molecule has 3 rings (SSSR count). The lowest BCUT2D eigenvalue weighted by atomic mass is 9.78. The van der Waals surface area contributed by atoms with Crippen LogP contribution in [0.3, 0.4) is 0 Å². The standard InChI is InChI=1S/C20H26N4O3S/c1-12-7-6-10-16(13(12)2)24-18(26)14-8-4-5-9-15(14)22-20(24)28-11-17(25)23-19(27)21-3/h4-5,8-9,12-13,16H,6-7,10-11H2,1-3H3,(H2,21,23,25,27)/t12-,13-,16+/m1/s1. The van der Waals surface area contributed by atoms with Crippen LogP contribution in [0.1, 0.15) is 39.2 Å². The van der Waals surface area contributed by atoms with Gasteiger partial charge in [0.15, 0.2) is 5.16 Å². The van der Waals surface area contributed by atoms with Gasteiger partial charge < -0.3 is 5.32 Å². The van der Waals surface area contributed by atoms with E-state index >= 15 is 0 Å². The van der Waals surface area contributed by atoms with Crippen LogP contribution in [0.15, 0.2) is 34.2 Å². The van der Waals surface area contributed by atoms with E-state index in [-0.39, 0.29) is 17.4 Å². The molecule has 150 valence electrons. The smallest absolute Gasteiger partial charge is 0.321 e. The van der Waals surface area contributed by atoms with E-state index in [4.69, 9.17) is 0 Å². The van der Waals surface area contributed by atoms with Crippen molar-refractivity contribution in [3.8, 4) is 0 Å². The number of hydrogen-bond acceptors (Lipinski definition) is 5. The molecule has 2 N–H and O–H groups in total. The van der Waals surface area contributed by atoms with Crippen LogP contribution in [0, 0.1) is 11.8 Å². The normalized spacial score (nSPS) is 22.0. The van der Waals surface area contributed by atoms with E-state index in [2.05, 4.69) is 29.5 Å². The maximum Gasteiger partial charge on any atom is 0.321 e. The summed E-state index contributed by atoms with van der Waals surface area (Å²) >= 11 is 1.19. The third-order valence-corrected chi connectivity index (χ3v) is 6.54. The average molecular weight is 403 g/mol. The molecular weight excluding hydrogens is 376 g/mol. The first-order valence-electron chi connectivity index (χ1n) is 9.58. The number of carbonyl (C=O) groups excluding carboxylic acids is 2. The molecule has 0 aliphatic heterocycles. The Morgan fingerprint density at radius 2 is 2.00 bits per heavy atom. The van der Waals surface area contributed by atoms with Crippen LogP contribution in [0.5, 0.6) is 0 Å². The molecule has 3 amide bonds.